The van der Waals surface area contributed by atoms with Crippen molar-refractivity contribution in [2.45, 2.75) is 12.8 Å². The Labute approximate surface area is 113 Å². The van der Waals surface area contributed by atoms with Crippen molar-refractivity contribution in [1.82, 2.24) is 5.32 Å². The molecule has 1 amide bonds. The molecule has 2 N–H and O–H groups in total. The van der Waals surface area contributed by atoms with Crippen molar-refractivity contribution >= 4 is 34.2 Å². The van der Waals surface area contributed by atoms with Gasteiger partial charge in [-0.1, -0.05) is 6.07 Å². The van der Waals surface area contributed by atoms with E-state index in [1.54, 1.807) is 12.1 Å². The molecule has 1 aromatic rings. The standard InChI is InChI=1S/C12H14FIN2O/c13-9-2-1-3-10(12(9)14)15-7-11(17)16-6-8-4-5-8/h1-3,8,15H,4-7H2,(H,16,17). The Bertz CT molecular complexity index is 421. The van der Waals surface area contributed by atoms with Crippen LogP contribution < -0.4 is 10.6 Å². The molecule has 1 fully saturated rings. The van der Waals surface area contributed by atoms with Gasteiger partial charge >= 0.3 is 0 Å². The normalized spacial score (nSPS) is 14.5. The molecule has 0 aromatic heterocycles. The molecule has 1 aromatic carbocycles. The van der Waals surface area contributed by atoms with E-state index in [1.165, 1.54) is 18.9 Å². The monoisotopic (exact) mass is 348 g/mol. The van der Waals surface area contributed by atoms with Crippen LogP contribution in [0.5, 0.6) is 0 Å². The Morgan fingerprint density at radius 2 is 2.24 bits per heavy atom. The maximum Gasteiger partial charge on any atom is 0.239 e. The van der Waals surface area contributed by atoms with Gasteiger partial charge in [0.2, 0.25) is 5.91 Å². The third-order valence-electron chi connectivity index (χ3n) is 2.68. The number of carbonyl (C=O) groups is 1. The van der Waals surface area contributed by atoms with Gasteiger partial charge in [-0.3, -0.25) is 4.79 Å². The van der Waals surface area contributed by atoms with E-state index in [0.29, 0.717) is 15.2 Å². The summed E-state index contributed by atoms with van der Waals surface area (Å²) < 4.78 is 13.7. The Hall–Kier alpha value is -0.850. The molecule has 17 heavy (non-hydrogen) atoms. The average Bonchev–Trinajstić information content (AvgIpc) is 3.12. The zero-order chi connectivity index (χ0) is 12.3. The molecule has 2 rings (SSSR count). The average molecular weight is 348 g/mol. The number of amides is 1. The summed E-state index contributed by atoms with van der Waals surface area (Å²) in [5, 5.41) is 5.79. The maximum atomic E-state index is 13.2. The van der Waals surface area contributed by atoms with E-state index in [-0.39, 0.29) is 18.3 Å². The van der Waals surface area contributed by atoms with E-state index in [9.17, 15) is 9.18 Å². The minimum Gasteiger partial charge on any atom is -0.375 e. The van der Waals surface area contributed by atoms with E-state index >= 15 is 0 Å². The van der Waals surface area contributed by atoms with E-state index in [2.05, 4.69) is 10.6 Å². The number of nitrogens with one attached hydrogen (secondary N) is 2. The molecule has 0 bridgehead atoms. The van der Waals surface area contributed by atoms with Crippen molar-refractivity contribution in [2.75, 3.05) is 18.4 Å². The minimum absolute atomic E-state index is 0.0445. The second-order valence-electron chi connectivity index (χ2n) is 4.20. The molecule has 0 radical (unpaired) electrons. The molecular weight excluding hydrogens is 334 g/mol. The molecule has 0 unspecified atom stereocenters. The number of carbonyl (C=O) groups excluding carboxylic acids is 1. The largest absolute Gasteiger partial charge is 0.375 e. The highest BCUT2D eigenvalue weighted by atomic mass is 127. The highest BCUT2D eigenvalue weighted by Crippen LogP contribution is 2.27. The highest BCUT2D eigenvalue weighted by molar-refractivity contribution is 14.1. The fraction of sp³-hybridized carbons (Fsp3) is 0.417. The van der Waals surface area contributed by atoms with Crippen LogP contribution in [0.3, 0.4) is 0 Å². The molecular formula is C12H14FIN2O. The Morgan fingerprint density at radius 3 is 2.94 bits per heavy atom. The smallest absolute Gasteiger partial charge is 0.239 e. The predicted molar refractivity (Wildman–Crippen MR) is 73.3 cm³/mol. The van der Waals surface area contributed by atoms with Gasteiger partial charge in [0.15, 0.2) is 0 Å². The molecule has 0 saturated heterocycles. The van der Waals surface area contributed by atoms with E-state index in [1.807, 2.05) is 22.6 Å². The first kappa shape index (κ1) is 12.6. The molecule has 1 aliphatic carbocycles. The first-order chi connectivity index (χ1) is 8.16. The van der Waals surface area contributed by atoms with E-state index in [4.69, 9.17) is 0 Å². The lowest BCUT2D eigenvalue weighted by Gasteiger charge is -2.09. The van der Waals surface area contributed by atoms with Crippen LogP contribution in [0.15, 0.2) is 18.2 Å². The summed E-state index contributed by atoms with van der Waals surface area (Å²) in [6.07, 6.45) is 2.44. The van der Waals surface area contributed by atoms with Crippen molar-refractivity contribution in [3.8, 4) is 0 Å². The van der Waals surface area contributed by atoms with Crippen molar-refractivity contribution in [3.05, 3.63) is 27.6 Å². The zero-order valence-electron chi connectivity index (χ0n) is 9.30. The van der Waals surface area contributed by atoms with Crippen molar-refractivity contribution < 1.29 is 9.18 Å². The fourth-order valence-corrected chi connectivity index (χ4v) is 2.01. The summed E-state index contributed by atoms with van der Waals surface area (Å²) in [7, 11) is 0. The first-order valence-electron chi connectivity index (χ1n) is 5.61. The van der Waals surface area contributed by atoms with E-state index < -0.39 is 0 Å². The molecule has 1 aliphatic rings. The Morgan fingerprint density at radius 1 is 1.47 bits per heavy atom. The quantitative estimate of drug-likeness (QED) is 0.803. The van der Waals surface area contributed by atoms with Gasteiger partial charge in [-0.05, 0) is 53.5 Å². The summed E-state index contributed by atoms with van der Waals surface area (Å²) >= 11 is 1.92. The molecule has 0 atom stereocenters. The van der Waals surface area contributed by atoms with Gasteiger partial charge in [-0.2, -0.15) is 0 Å². The summed E-state index contributed by atoms with van der Waals surface area (Å²) in [6, 6.07) is 4.79. The second kappa shape index (κ2) is 5.66. The number of hydrogen-bond donors (Lipinski definition) is 2. The number of hydrogen-bond acceptors (Lipinski definition) is 2. The van der Waals surface area contributed by atoms with Crippen LogP contribution in [-0.2, 0) is 4.79 Å². The Balaban J connectivity index is 1.79. The van der Waals surface area contributed by atoms with Crippen LogP contribution in [0.2, 0.25) is 0 Å². The highest BCUT2D eigenvalue weighted by Gasteiger charge is 2.21. The zero-order valence-corrected chi connectivity index (χ0v) is 11.5. The summed E-state index contributed by atoms with van der Waals surface area (Å²) in [5.74, 6) is 0.360. The molecule has 0 heterocycles. The lowest BCUT2D eigenvalue weighted by molar-refractivity contribution is -0.119. The van der Waals surface area contributed by atoms with Crippen LogP contribution in [0.25, 0.3) is 0 Å². The molecule has 92 valence electrons. The fourth-order valence-electron chi connectivity index (χ4n) is 1.46. The third-order valence-corrected chi connectivity index (χ3v) is 3.77. The SMILES string of the molecule is O=C(CNc1cccc(F)c1I)NCC1CC1. The molecule has 5 heteroatoms. The molecule has 0 aliphatic heterocycles. The number of rotatable bonds is 5. The lowest BCUT2D eigenvalue weighted by atomic mass is 10.3. The van der Waals surface area contributed by atoms with Gasteiger partial charge < -0.3 is 10.6 Å². The van der Waals surface area contributed by atoms with Gasteiger partial charge in [0.1, 0.15) is 5.82 Å². The second-order valence-corrected chi connectivity index (χ2v) is 5.28. The Kier molecular flexibility index (Phi) is 4.20. The molecule has 0 spiro atoms. The van der Waals surface area contributed by atoms with Gasteiger partial charge in [-0.15, -0.1) is 0 Å². The first-order valence-corrected chi connectivity index (χ1v) is 6.69. The van der Waals surface area contributed by atoms with Gasteiger partial charge in [-0.25, -0.2) is 4.39 Å². The van der Waals surface area contributed by atoms with Gasteiger partial charge in [0.05, 0.1) is 15.8 Å². The number of halogens is 2. The van der Waals surface area contributed by atoms with Crippen LogP contribution in [0.1, 0.15) is 12.8 Å². The number of benzene rings is 1. The topological polar surface area (TPSA) is 41.1 Å². The summed E-state index contributed by atoms with van der Waals surface area (Å²) in [6.45, 7) is 0.951. The lowest BCUT2D eigenvalue weighted by Crippen LogP contribution is -2.31. The predicted octanol–water partition coefficient (Wildman–Crippen LogP) is 2.37. The van der Waals surface area contributed by atoms with Crippen molar-refractivity contribution in [3.63, 3.8) is 0 Å². The van der Waals surface area contributed by atoms with E-state index in [0.717, 1.165) is 6.54 Å². The summed E-state index contributed by atoms with van der Waals surface area (Å²) in [5.41, 5.74) is 0.659. The minimum atomic E-state index is -0.269. The van der Waals surface area contributed by atoms with Crippen LogP contribution >= 0.6 is 22.6 Å². The van der Waals surface area contributed by atoms with Crippen LogP contribution in [-0.4, -0.2) is 19.0 Å². The van der Waals surface area contributed by atoms with Gasteiger partial charge in [0.25, 0.3) is 0 Å². The third kappa shape index (κ3) is 3.83. The van der Waals surface area contributed by atoms with Crippen molar-refractivity contribution in [2.24, 2.45) is 5.92 Å². The maximum absolute atomic E-state index is 13.2. The molecule has 1 saturated carbocycles. The van der Waals surface area contributed by atoms with Gasteiger partial charge in [0, 0.05) is 6.54 Å². The van der Waals surface area contributed by atoms with Crippen molar-refractivity contribution in [1.29, 1.82) is 0 Å². The van der Waals surface area contributed by atoms with Crippen LogP contribution in [0, 0.1) is 15.3 Å². The molecule has 3 nitrogen and oxygen atoms in total. The number of anilines is 1. The summed E-state index contributed by atoms with van der Waals surface area (Å²) in [4.78, 5) is 11.5. The van der Waals surface area contributed by atoms with Crippen LogP contribution in [0.4, 0.5) is 10.1 Å².